The molecule has 1 N–H and O–H groups in total. The van der Waals surface area contributed by atoms with E-state index in [1.807, 2.05) is 32.0 Å². The van der Waals surface area contributed by atoms with Crippen LogP contribution in [0.25, 0.3) is 11.8 Å². The van der Waals surface area contributed by atoms with Crippen molar-refractivity contribution in [1.82, 2.24) is 9.63 Å². The first-order valence-electron chi connectivity index (χ1n) is 9.28. The van der Waals surface area contributed by atoms with E-state index >= 15 is 0 Å². The average Bonchev–Trinajstić information content (AvgIpc) is 3.17. The summed E-state index contributed by atoms with van der Waals surface area (Å²) in [5.41, 5.74) is 5.58. The standard InChI is InChI=1S/C22H22N4O2/c1-5-16-8-6-7-9-19(16)25-13(2)10-17(15(25)4)12-18-21(23)26-20(24-22(18)27)11-14(3)28-26/h6-12,23H,5H2,1-4H3/b18-12-,23-21?. The minimum absolute atomic E-state index is 0.00172. The van der Waals surface area contributed by atoms with Crippen LogP contribution in [-0.2, 0) is 16.1 Å². The van der Waals surface area contributed by atoms with Gasteiger partial charge in [0.2, 0.25) is 0 Å². The van der Waals surface area contributed by atoms with Crippen LogP contribution in [0.5, 0.6) is 0 Å². The number of aromatic nitrogens is 1. The van der Waals surface area contributed by atoms with Crippen LogP contribution in [-0.4, -0.2) is 27.2 Å². The summed E-state index contributed by atoms with van der Waals surface area (Å²) >= 11 is 0. The maximum absolute atomic E-state index is 12.5. The van der Waals surface area contributed by atoms with E-state index in [4.69, 9.17) is 10.2 Å². The fraction of sp³-hybridized carbons (Fsp3) is 0.227. The molecular formula is C22H22N4O2. The average molecular weight is 374 g/mol. The molecule has 0 saturated carbocycles. The van der Waals surface area contributed by atoms with Gasteiger partial charge < -0.3 is 9.40 Å². The molecule has 6 nitrogen and oxygen atoms in total. The molecule has 1 aromatic carbocycles. The van der Waals surface area contributed by atoms with Gasteiger partial charge in [0, 0.05) is 23.2 Å². The van der Waals surface area contributed by atoms with Crippen molar-refractivity contribution >= 4 is 23.7 Å². The van der Waals surface area contributed by atoms with E-state index in [0.29, 0.717) is 11.6 Å². The van der Waals surface area contributed by atoms with Gasteiger partial charge in [0.05, 0.1) is 5.57 Å². The second-order valence-corrected chi connectivity index (χ2v) is 6.97. The quantitative estimate of drug-likeness (QED) is 0.822. The largest absolute Gasteiger partial charge is 0.376 e. The molecule has 6 heteroatoms. The first-order chi connectivity index (χ1) is 13.4. The monoisotopic (exact) mass is 374 g/mol. The molecule has 0 aliphatic carbocycles. The Kier molecular flexibility index (Phi) is 4.26. The van der Waals surface area contributed by atoms with Crippen LogP contribution in [0.15, 0.2) is 52.7 Å². The van der Waals surface area contributed by atoms with Crippen molar-refractivity contribution in [1.29, 1.82) is 5.41 Å². The van der Waals surface area contributed by atoms with Gasteiger partial charge in [0.25, 0.3) is 5.91 Å². The van der Waals surface area contributed by atoms with Gasteiger partial charge in [-0.05, 0) is 56.5 Å². The van der Waals surface area contributed by atoms with E-state index in [0.717, 1.165) is 29.1 Å². The number of benzene rings is 1. The molecule has 2 aliphatic heterocycles. The van der Waals surface area contributed by atoms with Gasteiger partial charge >= 0.3 is 0 Å². The third kappa shape index (κ3) is 2.78. The zero-order valence-electron chi connectivity index (χ0n) is 16.4. The summed E-state index contributed by atoms with van der Waals surface area (Å²) < 4.78 is 2.19. The summed E-state index contributed by atoms with van der Waals surface area (Å²) in [6, 6.07) is 10.3. The minimum atomic E-state index is -0.426. The number of aryl methyl sites for hydroxylation is 2. The predicted octanol–water partition coefficient (Wildman–Crippen LogP) is 4.11. The van der Waals surface area contributed by atoms with Crippen LogP contribution in [0, 0.1) is 19.3 Å². The molecule has 1 aromatic heterocycles. The number of aliphatic imine (C=N–C) groups is 1. The highest BCUT2D eigenvalue weighted by atomic mass is 16.7. The smallest absolute Gasteiger partial charge is 0.282 e. The molecule has 28 heavy (non-hydrogen) atoms. The van der Waals surface area contributed by atoms with E-state index in [-0.39, 0.29) is 11.4 Å². The minimum Gasteiger partial charge on any atom is -0.376 e. The number of allylic oxidation sites excluding steroid dienone is 1. The summed E-state index contributed by atoms with van der Waals surface area (Å²) in [4.78, 5) is 22.1. The zero-order chi connectivity index (χ0) is 20.0. The Balaban J connectivity index is 1.78. The lowest BCUT2D eigenvalue weighted by atomic mass is 10.1. The molecule has 4 rings (SSSR count). The second-order valence-electron chi connectivity index (χ2n) is 6.97. The van der Waals surface area contributed by atoms with Gasteiger partial charge in [-0.1, -0.05) is 25.1 Å². The number of carbonyl (C=O) groups is 1. The molecule has 0 atom stereocenters. The molecule has 0 bridgehead atoms. The molecule has 0 saturated heterocycles. The van der Waals surface area contributed by atoms with Gasteiger partial charge in [-0.2, -0.15) is 4.99 Å². The maximum Gasteiger partial charge on any atom is 0.282 e. The van der Waals surface area contributed by atoms with E-state index in [9.17, 15) is 4.79 Å². The topological polar surface area (TPSA) is 70.7 Å². The van der Waals surface area contributed by atoms with Crippen LogP contribution in [0.4, 0.5) is 0 Å². The fourth-order valence-corrected chi connectivity index (χ4v) is 3.69. The van der Waals surface area contributed by atoms with Gasteiger partial charge in [-0.15, -0.1) is 5.06 Å². The number of hydroxylamine groups is 2. The van der Waals surface area contributed by atoms with Gasteiger partial charge in [0.1, 0.15) is 5.76 Å². The third-order valence-electron chi connectivity index (χ3n) is 5.06. The van der Waals surface area contributed by atoms with E-state index in [1.54, 1.807) is 19.1 Å². The lowest BCUT2D eigenvalue weighted by Gasteiger charge is -2.23. The van der Waals surface area contributed by atoms with Crippen molar-refractivity contribution in [2.75, 3.05) is 0 Å². The molecule has 142 valence electrons. The van der Waals surface area contributed by atoms with Crippen molar-refractivity contribution < 1.29 is 9.63 Å². The normalized spacial score (nSPS) is 17.6. The Labute approximate surface area is 163 Å². The number of fused-ring (bicyclic) bond motifs is 1. The number of amides is 1. The van der Waals surface area contributed by atoms with Crippen LogP contribution < -0.4 is 0 Å². The zero-order valence-corrected chi connectivity index (χ0v) is 16.4. The Morgan fingerprint density at radius 3 is 2.71 bits per heavy atom. The van der Waals surface area contributed by atoms with E-state index in [1.165, 1.54) is 10.6 Å². The highest BCUT2D eigenvalue weighted by molar-refractivity contribution is 6.32. The van der Waals surface area contributed by atoms with Gasteiger partial charge in [0.15, 0.2) is 11.7 Å². The van der Waals surface area contributed by atoms with Crippen molar-refractivity contribution in [3.63, 3.8) is 0 Å². The molecule has 2 aliphatic rings. The number of rotatable bonds is 3. The van der Waals surface area contributed by atoms with Gasteiger partial charge in [-0.25, -0.2) is 0 Å². The van der Waals surface area contributed by atoms with Crippen molar-refractivity contribution in [2.24, 2.45) is 4.99 Å². The fourth-order valence-electron chi connectivity index (χ4n) is 3.69. The first-order valence-corrected chi connectivity index (χ1v) is 9.28. The third-order valence-corrected chi connectivity index (χ3v) is 5.06. The molecule has 0 fully saturated rings. The molecule has 1 amide bonds. The summed E-state index contributed by atoms with van der Waals surface area (Å²) in [5.74, 6) is 0.533. The summed E-state index contributed by atoms with van der Waals surface area (Å²) in [7, 11) is 0. The lowest BCUT2D eigenvalue weighted by Crippen LogP contribution is -2.38. The number of para-hydroxylation sites is 1. The highest BCUT2D eigenvalue weighted by Crippen LogP contribution is 2.28. The maximum atomic E-state index is 12.5. The summed E-state index contributed by atoms with van der Waals surface area (Å²) in [6.07, 6.45) is 4.31. The number of nitrogens with zero attached hydrogens (tertiary/aromatic N) is 3. The summed E-state index contributed by atoms with van der Waals surface area (Å²) in [6.45, 7) is 7.97. The molecule has 0 unspecified atom stereocenters. The lowest BCUT2D eigenvalue weighted by molar-refractivity contribution is -0.114. The Morgan fingerprint density at radius 2 is 1.96 bits per heavy atom. The van der Waals surface area contributed by atoms with E-state index in [2.05, 4.69) is 28.6 Å². The second kappa shape index (κ2) is 6.64. The number of hydrogen-bond donors (Lipinski definition) is 1. The van der Waals surface area contributed by atoms with Gasteiger partial charge in [-0.3, -0.25) is 10.2 Å². The van der Waals surface area contributed by atoms with E-state index < -0.39 is 5.91 Å². The molecule has 0 radical (unpaired) electrons. The number of amidine groups is 2. The molecule has 0 spiro atoms. The Hall–Kier alpha value is -3.41. The molecule has 3 heterocycles. The number of nitrogens with one attached hydrogen (secondary N) is 1. The Bertz CT molecular complexity index is 1100. The SMILES string of the molecule is CCc1ccccc1-n1c(C)cc(/C=C2/C(=N)N3OC(C)=CC3=NC2=O)c1C. The van der Waals surface area contributed by atoms with Crippen LogP contribution in [0.3, 0.4) is 0 Å². The predicted molar refractivity (Wildman–Crippen MR) is 109 cm³/mol. The van der Waals surface area contributed by atoms with Crippen molar-refractivity contribution in [3.05, 3.63) is 70.3 Å². The van der Waals surface area contributed by atoms with Crippen LogP contribution in [0.2, 0.25) is 0 Å². The van der Waals surface area contributed by atoms with Crippen LogP contribution >= 0.6 is 0 Å². The summed E-state index contributed by atoms with van der Waals surface area (Å²) in [5, 5.41) is 9.68. The Morgan fingerprint density at radius 1 is 1.21 bits per heavy atom. The van der Waals surface area contributed by atoms with Crippen LogP contribution in [0.1, 0.15) is 36.4 Å². The molecule has 2 aromatic rings. The first kappa shape index (κ1) is 18.0. The van der Waals surface area contributed by atoms with Crippen molar-refractivity contribution in [2.45, 2.75) is 34.1 Å². The number of hydrogen-bond acceptors (Lipinski definition) is 3. The molecular weight excluding hydrogens is 352 g/mol. The van der Waals surface area contributed by atoms with Crippen molar-refractivity contribution in [3.8, 4) is 5.69 Å². The number of carbonyl (C=O) groups excluding carboxylic acids is 1. The highest BCUT2D eigenvalue weighted by Gasteiger charge is 2.34.